The number of rotatable bonds is 5. The zero-order valence-electron chi connectivity index (χ0n) is 16.7. The van der Waals surface area contributed by atoms with E-state index < -0.39 is 0 Å². The number of benzene rings is 1. The molecule has 1 saturated heterocycles. The summed E-state index contributed by atoms with van der Waals surface area (Å²) in [4.78, 5) is 9.57. The van der Waals surface area contributed by atoms with Gasteiger partial charge in [0.2, 0.25) is 0 Å². The molecular formula is C24H31N3O. The number of allylic oxidation sites excluding steroid dienone is 1. The van der Waals surface area contributed by atoms with Crippen molar-refractivity contribution < 1.29 is 4.74 Å². The van der Waals surface area contributed by atoms with Crippen LogP contribution in [0.1, 0.15) is 24.8 Å². The standard InChI is InChI=1S/C24H31N3O/c1-3-20-12-15-27(18-21(20)4-2)24-25-16-23(28-24)22-10-13-26(14-11-22)17-19-8-6-5-7-9-19/h3-9,22-23H,1-2,10-18H2. The van der Waals surface area contributed by atoms with Crippen LogP contribution in [0.15, 0.2) is 71.8 Å². The average molecular weight is 378 g/mol. The van der Waals surface area contributed by atoms with E-state index in [1.54, 1.807) is 0 Å². The third-order valence-corrected chi connectivity index (χ3v) is 6.26. The molecule has 0 aliphatic carbocycles. The Hall–Kier alpha value is -2.33. The lowest BCUT2D eigenvalue weighted by Gasteiger charge is -2.35. The molecule has 4 heteroatoms. The van der Waals surface area contributed by atoms with E-state index in [1.807, 2.05) is 12.2 Å². The fraction of sp³-hybridized carbons (Fsp3) is 0.458. The lowest BCUT2D eigenvalue weighted by molar-refractivity contribution is 0.0737. The highest BCUT2D eigenvalue weighted by Crippen LogP contribution is 2.28. The SMILES string of the molecule is C=CC1=C(C=C)CN(C2=NCC(C3CCN(Cc4ccccc4)CC3)O2)CC1. The molecule has 0 radical (unpaired) electrons. The van der Waals surface area contributed by atoms with Crippen LogP contribution >= 0.6 is 0 Å². The minimum atomic E-state index is 0.242. The van der Waals surface area contributed by atoms with Gasteiger partial charge in [-0.3, -0.25) is 4.90 Å². The van der Waals surface area contributed by atoms with Crippen LogP contribution in [-0.4, -0.2) is 54.6 Å². The molecule has 4 rings (SSSR count). The topological polar surface area (TPSA) is 28.1 Å². The second-order valence-electron chi connectivity index (χ2n) is 8.01. The normalized spacial score (nSPS) is 24.1. The Morgan fingerprint density at radius 1 is 1.04 bits per heavy atom. The molecule has 3 heterocycles. The largest absolute Gasteiger partial charge is 0.460 e. The molecule has 0 saturated carbocycles. The van der Waals surface area contributed by atoms with Gasteiger partial charge < -0.3 is 9.64 Å². The molecular weight excluding hydrogens is 346 g/mol. The maximum Gasteiger partial charge on any atom is 0.288 e. The van der Waals surface area contributed by atoms with Gasteiger partial charge in [0.25, 0.3) is 6.02 Å². The number of hydrogen-bond donors (Lipinski definition) is 0. The van der Waals surface area contributed by atoms with E-state index in [0.29, 0.717) is 5.92 Å². The molecule has 1 fully saturated rings. The van der Waals surface area contributed by atoms with Crippen LogP contribution in [0.5, 0.6) is 0 Å². The first kappa shape index (κ1) is 19.0. The third-order valence-electron chi connectivity index (χ3n) is 6.26. The molecule has 0 spiro atoms. The molecule has 4 nitrogen and oxygen atoms in total. The van der Waals surface area contributed by atoms with Gasteiger partial charge in [-0.05, 0) is 49.1 Å². The number of aliphatic imine (C=N–C) groups is 1. The Morgan fingerprint density at radius 3 is 2.50 bits per heavy atom. The summed E-state index contributed by atoms with van der Waals surface area (Å²) in [6.45, 7) is 13.8. The van der Waals surface area contributed by atoms with Gasteiger partial charge in [0.15, 0.2) is 0 Å². The Balaban J connectivity index is 1.26. The fourth-order valence-electron chi connectivity index (χ4n) is 4.52. The quantitative estimate of drug-likeness (QED) is 0.776. The van der Waals surface area contributed by atoms with Crippen molar-refractivity contribution in [2.45, 2.75) is 31.9 Å². The summed E-state index contributed by atoms with van der Waals surface area (Å²) < 4.78 is 6.33. The summed E-state index contributed by atoms with van der Waals surface area (Å²) in [5.41, 5.74) is 3.94. The van der Waals surface area contributed by atoms with Crippen molar-refractivity contribution in [3.05, 3.63) is 72.4 Å². The Bertz CT molecular complexity index is 759. The minimum absolute atomic E-state index is 0.242. The number of amidine groups is 1. The van der Waals surface area contributed by atoms with Gasteiger partial charge >= 0.3 is 0 Å². The highest BCUT2D eigenvalue weighted by Gasteiger charge is 2.34. The maximum absolute atomic E-state index is 6.33. The number of nitrogens with zero attached hydrogens (tertiary/aromatic N) is 3. The van der Waals surface area contributed by atoms with Gasteiger partial charge in [-0.2, -0.15) is 0 Å². The molecule has 1 aromatic rings. The Kier molecular flexibility index (Phi) is 5.96. The predicted octanol–water partition coefficient (Wildman–Crippen LogP) is 4.03. The van der Waals surface area contributed by atoms with Crippen molar-refractivity contribution >= 4 is 6.02 Å². The van der Waals surface area contributed by atoms with Gasteiger partial charge in [0, 0.05) is 25.6 Å². The number of hydrogen-bond acceptors (Lipinski definition) is 4. The molecule has 1 aromatic carbocycles. The fourth-order valence-corrected chi connectivity index (χ4v) is 4.52. The molecule has 3 aliphatic heterocycles. The van der Waals surface area contributed by atoms with Gasteiger partial charge in [-0.15, -0.1) is 0 Å². The predicted molar refractivity (Wildman–Crippen MR) is 115 cm³/mol. The summed E-state index contributed by atoms with van der Waals surface area (Å²) in [5.74, 6) is 0.608. The van der Waals surface area contributed by atoms with Crippen LogP contribution < -0.4 is 0 Å². The van der Waals surface area contributed by atoms with E-state index in [9.17, 15) is 0 Å². The molecule has 1 unspecified atom stereocenters. The zero-order chi connectivity index (χ0) is 19.3. The highest BCUT2D eigenvalue weighted by molar-refractivity contribution is 5.76. The van der Waals surface area contributed by atoms with Crippen molar-refractivity contribution in [2.75, 3.05) is 32.7 Å². The number of ether oxygens (including phenoxy) is 1. The van der Waals surface area contributed by atoms with E-state index in [1.165, 1.54) is 29.6 Å². The van der Waals surface area contributed by atoms with Crippen molar-refractivity contribution in [1.82, 2.24) is 9.80 Å². The number of piperidine rings is 1. The molecule has 1 atom stereocenters. The first-order chi connectivity index (χ1) is 13.8. The van der Waals surface area contributed by atoms with E-state index in [2.05, 4.69) is 53.3 Å². The smallest absolute Gasteiger partial charge is 0.288 e. The van der Waals surface area contributed by atoms with Crippen molar-refractivity contribution in [2.24, 2.45) is 10.9 Å². The van der Waals surface area contributed by atoms with Gasteiger partial charge in [0.05, 0.1) is 6.54 Å². The monoisotopic (exact) mass is 377 g/mol. The van der Waals surface area contributed by atoms with Crippen LogP contribution in [0, 0.1) is 5.92 Å². The molecule has 28 heavy (non-hydrogen) atoms. The van der Waals surface area contributed by atoms with E-state index >= 15 is 0 Å². The second kappa shape index (κ2) is 8.78. The Morgan fingerprint density at radius 2 is 1.79 bits per heavy atom. The van der Waals surface area contributed by atoms with E-state index in [-0.39, 0.29) is 6.10 Å². The molecule has 0 bridgehead atoms. The summed E-state index contributed by atoms with van der Waals surface area (Å²) in [6.07, 6.45) is 7.51. The van der Waals surface area contributed by atoms with Crippen LogP contribution in [0.2, 0.25) is 0 Å². The number of likely N-dealkylation sites (tertiary alicyclic amines) is 1. The van der Waals surface area contributed by atoms with Gasteiger partial charge in [0.1, 0.15) is 6.10 Å². The first-order valence-electron chi connectivity index (χ1n) is 10.5. The second-order valence-corrected chi connectivity index (χ2v) is 8.01. The summed E-state index contributed by atoms with van der Waals surface area (Å²) in [6, 6.07) is 11.6. The van der Waals surface area contributed by atoms with E-state index in [4.69, 9.17) is 9.73 Å². The summed E-state index contributed by atoms with van der Waals surface area (Å²) >= 11 is 0. The lowest BCUT2D eigenvalue weighted by atomic mass is 9.91. The van der Waals surface area contributed by atoms with Crippen LogP contribution in [0.25, 0.3) is 0 Å². The van der Waals surface area contributed by atoms with Crippen LogP contribution in [0.3, 0.4) is 0 Å². The average Bonchev–Trinajstić information content (AvgIpc) is 3.25. The minimum Gasteiger partial charge on any atom is -0.460 e. The van der Waals surface area contributed by atoms with Crippen molar-refractivity contribution in [1.29, 1.82) is 0 Å². The van der Waals surface area contributed by atoms with E-state index in [0.717, 1.165) is 51.7 Å². The molecule has 0 N–H and O–H groups in total. The zero-order valence-corrected chi connectivity index (χ0v) is 16.7. The highest BCUT2D eigenvalue weighted by atomic mass is 16.5. The lowest BCUT2D eigenvalue weighted by Crippen LogP contribution is -2.41. The molecule has 0 aromatic heterocycles. The first-order valence-corrected chi connectivity index (χ1v) is 10.5. The van der Waals surface area contributed by atoms with Gasteiger partial charge in [-0.1, -0.05) is 55.6 Å². The maximum atomic E-state index is 6.33. The molecule has 148 valence electrons. The molecule has 0 amide bonds. The summed E-state index contributed by atoms with van der Waals surface area (Å²) in [7, 11) is 0. The third kappa shape index (κ3) is 4.22. The van der Waals surface area contributed by atoms with Crippen LogP contribution in [-0.2, 0) is 11.3 Å². The van der Waals surface area contributed by atoms with Crippen molar-refractivity contribution in [3.63, 3.8) is 0 Å². The Labute approximate surface area is 168 Å². The van der Waals surface area contributed by atoms with Gasteiger partial charge in [-0.25, -0.2) is 4.99 Å². The van der Waals surface area contributed by atoms with Crippen LogP contribution in [0.4, 0.5) is 0 Å². The molecule has 3 aliphatic rings. The summed E-state index contributed by atoms with van der Waals surface area (Å²) in [5, 5.41) is 0. The van der Waals surface area contributed by atoms with Crippen molar-refractivity contribution in [3.8, 4) is 0 Å².